The molecule has 3 nitrogen and oxygen atoms in total. The van der Waals surface area contributed by atoms with E-state index in [2.05, 4.69) is 237 Å². The van der Waals surface area contributed by atoms with E-state index in [1.54, 1.807) is 0 Å². The molecule has 10 rings (SSSR count). The van der Waals surface area contributed by atoms with E-state index in [0.29, 0.717) is 0 Å². The number of aryl methyl sites for hydroxylation is 1. The molecule has 0 radical (unpaired) electrons. The topological polar surface area (TPSA) is 19.6 Å². The van der Waals surface area contributed by atoms with Crippen LogP contribution in [0.25, 0.3) is 22.1 Å². The van der Waals surface area contributed by atoms with Crippen LogP contribution in [0.3, 0.4) is 0 Å². The van der Waals surface area contributed by atoms with Crippen LogP contribution in [0.2, 0.25) is 0 Å². The maximum Gasteiger partial charge on any atom is 0.297 e. The minimum absolute atomic E-state index is 0.0393. The lowest BCUT2D eigenvalue weighted by atomic mass is 9.35. The largest absolute Gasteiger partial charge is 0.468 e. The van der Waals surface area contributed by atoms with Gasteiger partial charge in [-0.1, -0.05) is 165 Å². The number of rotatable bonds is 3. The van der Waals surface area contributed by atoms with Gasteiger partial charge in [-0.05, 0) is 168 Å². The third kappa shape index (κ3) is 7.48. The predicted molar refractivity (Wildman–Crippen MR) is 290 cm³/mol. The van der Waals surface area contributed by atoms with Crippen LogP contribution in [-0.4, -0.2) is 6.71 Å². The average Bonchev–Trinajstić information content (AvgIpc) is 3.61. The molecule has 4 heteroatoms. The van der Waals surface area contributed by atoms with Crippen molar-refractivity contribution in [3.63, 3.8) is 0 Å². The summed E-state index contributed by atoms with van der Waals surface area (Å²) in [5.41, 5.74) is 23.7. The highest BCUT2D eigenvalue weighted by atomic mass is 16.3. The first kappa shape index (κ1) is 45.3. The molecule has 0 spiro atoms. The van der Waals surface area contributed by atoms with E-state index in [9.17, 15) is 0 Å². The summed E-state index contributed by atoms with van der Waals surface area (Å²) >= 11 is 0. The Bertz CT molecular complexity index is 3080. The fourth-order valence-electron chi connectivity index (χ4n) is 11.3. The van der Waals surface area contributed by atoms with Crippen molar-refractivity contribution >= 4 is 68.4 Å². The van der Waals surface area contributed by atoms with E-state index in [1.807, 2.05) is 0 Å². The summed E-state index contributed by atoms with van der Waals surface area (Å²) in [4.78, 5) is 5.15. The Labute approximate surface area is 403 Å². The van der Waals surface area contributed by atoms with Gasteiger partial charge in [0.05, 0.1) is 11.3 Å². The molecule has 344 valence electrons. The number of benzene rings is 6. The van der Waals surface area contributed by atoms with Gasteiger partial charge in [-0.3, -0.25) is 0 Å². The van der Waals surface area contributed by atoms with Crippen molar-refractivity contribution in [2.75, 3.05) is 9.80 Å². The molecular formula is C63H73BN2O. The molecule has 1 aromatic heterocycles. The van der Waals surface area contributed by atoms with Crippen molar-refractivity contribution in [3.05, 3.63) is 148 Å². The highest BCUT2D eigenvalue weighted by molar-refractivity contribution is 7.00. The summed E-state index contributed by atoms with van der Waals surface area (Å²) < 4.78 is 7.57. The monoisotopic (exact) mass is 885 g/mol. The van der Waals surface area contributed by atoms with Crippen LogP contribution in [0.1, 0.15) is 163 Å². The number of fused-ring (bicyclic) bond motifs is 7. The van der Waals surface area contributed by atoms with Crippen molar-refractivity contribution in [2.45, 2.75) is 163 Å². The molecule has 6 aromatic carbocycles. The third-order valence-electron chi connectivity index (χ3n) is 15.8. The number of furan rings is 1. The molecule has 0 fully saturated rings. The van der Waals surface area contributed by atoms with Crippen LogP contribution in [-0.2, 0) is 32.5 Å². The molecule has 3 aliphatic rings. The Kier molecular flexibility index (Phi) is 9.98. The Morgan fingerprint density at radius 2 is 0.970 bits per heavy atom. The zero-order chi connectivity index (χ0) is 48.1. The van der Waals surface area contributed by atoms with Crippen molar-refractivity contribution in [3.8, 4) is 11.1 Å². The molecule has 0 atom stereocenters. The minimum atomic E-state index is -0.121. The summed E-state index contributed by atoms with van der Waals surface area (Å²) in [5, 5.41) is 1.19. The summed E-state index contributed by atoms with van der Waals surface area (Å²) in [7, 11) is 0. The van der Waals surface area contributed by atoms with E-state index < -0.39 is 0 Å². The molecule has 0 saturated carbocycles. The van der Waals surface area contributed by atoms with Crippen molar-refractivity contribution < 1.29 is 4.42 Å². The first-order valence-electron chi connectivity index (χ1n) is 25.0. The van der Waals surface area contributed by atoms with Crippen LogP contribution in [0.5, 0.6) is 0 Å². The van der Waals surface area contributed by atoms with Gasteiger partial charge in [0, 0.05) is 33.8 Å². The first-order chi connectivity index (χ1) is 31.1. The Morgan fingerprint density at radius 1 is 0.478 bits per heavy atom. The average molecular weight is 885 g/mol. The molecule has 2 aliphatic heterocycles. The predicted octanol–water partition coefficient (Wildman–Crippen LogP) is 16.0. The fraction of sp³-hybridized carbons (Fsp3) is 0.397. The minimum Gasteiger partial charge on any atom is -0.468 e. The molecule has 0 unspecified atom stereocenters. The SMILES string of the molecule is Cc1cc2c3c(c1)N(c1ccc(-c4ccc(C(C)(C)C)cc4)cc1)c1c(oc4cc5c(cc14)C(C)(C)CCC5(C)C)B3c1cc(C(C)(C)C)ccc1N2c1cc(C(C)(C)C)cc(C(C)(C)C)c1. The van der Waals surface area contributed by atoms with Gasteiger partial charge in [-0.15, -0.1) is 0 Å². The molecule has 1 aliphatic carbocycles. The van der Waals surface area contributed by atoms with Crippen LogP contribution in [0.15, 0.2) is 114 Å². The number of nitrogens with zero attached hydrogens (tertiary/aromatic N) is 2. The second kappa shape index (κ2) is 14.8. The van der Waals surface area contributed by atoms with Crippen LogP contribution < -0.4 is 26.4 Å². The van der Waals surface area contributed by atoms with Gasteiger partial charge in [0.15, 0.2) is 0 Å². The van der Waals surface area contributed by atoms with Gasteiger partial charge in [-0.25, -0.2) is 0 Å². The van der Waals surface area contributed by atoms with Gasteiger partial charge in [0.25, 0.3) is 6.71 Å². The molecule has 0 amide bonds. The molecule has 0 saturated heterocycles. The Hall–Kier alpha value is -5.48. The molecular weight excluding hydrogens is 812 g/mol. The van der Waals surface area contributed by atoms with Gasteiger partial charge in [-0.2, -0.15) is 0 Å². The lowest BCUT2D eigenvalue weighted by molar-refractivity contribution is 0.332. The Morgan fingerprint density at radius 3 is 1.51 bits per heavy atom. The van der Waals surface area contributed by atoms with Crippen molar-refractivity contribution in [1.29, 1.82) is 0 Å². The van der Waals surface area contributed by atoms with Gasteiger partial charge in [0.2, 0.25) is 0 Å². The van der Waals surface area contributed by atoms with Gasteiger partial charge >= 0.3 is 0 Å². The smallest absolute Gasteiger partial charge is 0.297 e. The fourth-order valence-corrected chi connectivity index (χ4v) is 11.3. The van der Waals surface area contributed by atoms with Gasteiger partial charge in [0.1, 0.15) is 5.58 Å². The summed E-state index contributed by atoms with van der Waals surface area (Å²) in [6, 6.07) is 42.9. The highest BCUT2D eigenvalue weighted by Gasteiger charge is 2.48. The van der Waals surface area contributed by atoms with E-state index in [-0.39, 0.29) is 39.2 Å². The summed E-state index contributed by atoms with van der Waals surface area (Å²) in [5.74, 6) is 0. The van der Waals surface area contributed by atoms with Crippen LogP contribution >= 0.6 is 0 Å². The summed E-state index contributed by atoms with van der Waals surface area (Å²) in [6.45, 7) is 39.8. The van der Waals surface area contributed by atoms with Gasteiger partial charge < -0.3 is 14.2 Å². The lowest BCUT2D eigenvalue weighted by Gasteiger charge is -2.43. The maximum absolute atomic E-state index is 7.57. The summed E-state index contributed by atoms with van der Waals surface area (Å²) in [6.07, 6.45) is 2.31. The molecule has 67 heavy (non-hydrogen) atoms. The number of hydrogen-bond donors (Lipinski definition) is 0. The lowest BCUT2D eigenvalue weighted by Crippen LogP contribution is -2.61. The third-order valence-corrected chi connectivity index (χ3v) is 15.8. The van der Waals surface area contributed by atoms with Crippen molar-refractivity contribution in [2.24, 2.45) is 0 Å². The second-order valence-electron chi connectivity index (χ2n) is 26.0. The zero-order valence-corrected chi connectivity index (χ0v) is 43.7. The van der Waals surface area contributed by atoms with Crippen LogP contribution in [0.4, 0.5) is 34.1 Å². The molecule has 7 aromatic rings. The molecule has 0 bridgehead atoms. The first-order valence-corrected chi connectivity index (χ1v) is 25.0. The highest BCUT2D eigenvalue weighted by Crippen LogP contribution is 2.52. The van der Waals surface area contributed by atoms with E-state index >= 15 is 0 Å². The van der Waals surface area contributed by atoms with Crippen molar-refractivity contribution in [1.82, 2.24) is 0 Å². The number of hydrogen-bond acceptors (Lipinski definition) is 3. The Balaban J connectivity index is 1.29. The normalized spacial score (nSPS) is 16.5. The quantitative estimate of drug-likeness (QED) is 0.165. The molecule has 0 N–H and O–H groups in total. The standard InChI is InChI=1S/C63H73BN2O/c1-38-30-52-55-53(31-38)66(45-25-20-40(21-26-45)39-18-22-41(23-19-39)58(2,3)4)56-47-36-48-49(63(16,17)29-28-62(48,14)15)37-54(47)67-57(56)64(55)50-35-42(59(5,6)7)24-27-51(50)65(52)46-33-43(60(8,9)10)32-44(34-46)61(11,12)13/h18-27,30-37H,28-29H2,1-17H3. The maximum atomic E-state index is 7.57. The van der Waals surface area contributed by atoms with E-state index in [1.165, 1.54) is 94.8 Å². The second-order valence-corrected chi connectivity index (χ2v) is 26.0. The van der Waals surface area contributed by atoms with E-state index in [0.717, 1.165) is 29.8 Å². The number of anilines is 6. The zero-order valence-electron chi connectivity index (χ0n) is 43.7. The van der Waals surface area contributed by atoms with Crippen LogP contribution in [0, 0.1) is 6.92 Å². The molecule has 3 heterocycles. The van der Waals surface area contributed by atoms with E-state index in [4.69, 9.17) is 4.42 Å².